The second-order valence-corrected chi connectivity index (χ2v) is 7.04. The minimum Gasteiger partial charge on any atom is -0.294 e. The molecule has 0 aromatic heterocycles. The van der Waals surface area contributed by atoms with Crippen molar-refractivity contribution < 1.29 is 13.2 Å². The Kier molecular flexibility index (Phi) is 7.05. The molecule has 0 saturated heterocycles. The predicted octanol–water partition coefficient (Wildman–Crippen LogP) is 3.48. The first-order valence-corrected chi connectivity index (χ1v) is 9.04. The van der Waals surface area contributed by atoms with E-state index in [9.17, 15) is 13.2 Å². The number of benzene rings is 1. The lowest BCUT2D eigenvalue weighted by molar-refractivity contribution is 0.0981. The summed E-state index contributed by atoms with van der Waals surface area (Å²) in [6, 6.07) is 6.30. The molecule has 21 heavy (non-hydrogen) atoms. The second kappa shape index (κ2) is 8.29. The molecule has 0 unspecified atom stereocenters. The van der Waals surface area contributed by atoms with Crippen LogP contribution in [-0.2, 0) is 10.0 Å². The topological polar surface area (TPSA) is 54.5 Å². The fourth-order valence-corrected chi connectivity index (χ4v) is 3.81. The van der Waals surface area contributed by atoms with Crippen molar-refractivity contribution in [1.82, 2.24) is 4.31 Å². The molecule has 0 bridgehead atoms. The average molecular weight is 311 g/mol. The van der Waals surface area contributed by atoms with Gasteiger partial charge in [-0.05, 0) is 31.4 Å². The maximum atomic E-state index is 12.6. The van der Waals surface area contributed by atoms with Crippen LogP contribution in [0.3, 0.4) is 0 Å². The molecular weight excluding hydrogens is 286 g/mol. The number of nitrogens with zero attached hydrogens (tertiary/aromatic N) is 1. The van der Waals surface area contributed by atoms with E-state index in [1.165, 1.54) is 16.4 Å². The SMILES string of the molecule is CCCC(=O)c1ccc(S(=O)(=O)N(CCC)CCC)cc1. The van der Waals surface area contributed by atoms with Crippen molar-refractivity contribution in [3.63, 3.8) is 0 Å². The number of hydrogen-bond donors (Lipinski definition) is 0. The van der Waals surface area contributed by atoms with Crippen LogP contribution in [-0.4, -0.2) is 31.6 Å². The van der Waals surface area contributed by atoms with Crippen LogP contribution in [0.25, 0.3) is 0 Å². The van der Waals surface area contributed by atoms with Gasteiger partial charge in [-0.2, -0.15) is 4.31 Å². The van der Waals surface area contributed by atoms with Crippen molar-refractivity contribution in [2.75, 3.05) is 13.1 Å². The van der Waals surface area contributed by atoms with Crippen LogP contribution in [0.5, 0.6) is 0 Å². The molecule has 0 aliphatic rings. The summed E-state index contributed by atoms with van der Waals surface area (Å²) in [5, 5.41) is 0. The number of carbonyl (C=O) groups excluding carboxylic acids is 1. The maximum Gasteiger partial charge on any atom is 0.243 e. The monoisotopic (exact) mass is 311 g/mol. The van der Waals surface area contributed by atoms with Crippen LogP contribution in [0.15, 0.2) is 29.2 Å². The fourth-order valence-electron chi connectivity index (χ4n) is 2.18. The fraction of sp³-hybridized carbons (Fsp3) is 0.562. The molecule has 1 aromatic carbocycles. The quantitative estimate of drug-likeness (QED) is 0.656. The van der Waals surface area contributed by atoms with Gasteiger partial charge in [0.25, 0.3) is 0 Å². The molecule has 0 radical (unpaired) electrons. The first-order chi connectivity index (χ1) is 9.97. The van der Waals surface area contributed by atoms with Crippen LogP contribution >= 0.6 is 0 Å². The molecule has 0 saturated carbocycles. The van der Waals surface area contributed by atoms with E-state index in [4.69, 9.17) is 0 Å². The van der Waals surface area contributed by atoms with Gasteiger partial charge in [0.1, 0.15) is 0 Å². The molecule has 0 spiro atoms. The lowest BCUT2D eigenvalue weighted by Gasteiger charge is -2.21. The molecule has 4 nitrogen and oxygen atoms in total. The van der Waals surface area contributed by atoms with Gasteiger partial charge in [0.05, 0.1) is 4.90 Å². The van der Waals surface area contributed by atoms with E-state index in [-0.39, 0.29) is 10.7 Å². The molecule has 0 heterocycles. The second-order valence-electron chi connectivity index (χ2n) is 5.10. The first-order valence-electron chi connectivity index (χ1n) is 7.60. The standard InChI is InChI=1S/C16H25NO3S/c1-4-7-16(18)14-8-10-15(11-9-14)21(19,20)17(12-5-2)13-6-3/h8-11H,4-7,12-13H2,1-3H3. The molecule has 5 heteroatoms. The van der Waals surface area contributed by atoms with Gasteiger partial charge >= 0.3 is 0 Å². The summed E-state index contributed by atoms with van der Waals surface area (Å²) in [6.07, 6.45) is 2.85. The highest BCUT2D eigenvalue weighted by atomic mass is 32.2. The number of rotatable bonds is 9. The van der Waals surface area contributed by atoms with Crippen molar-refractivity contribution in [3.8, 4) is 0 Å². The predicted molar refractivity (Wildman–Crippen MR) is 85.0 cm³/mol. The highest BCUT2D eigenvalue weighted by Crippen LogP contribution is 2.18. The Bertz CT molecular complexity index is 543. The molecule has 1 aromatic rings. The van der Waals surface area contributed by atoms with Crippen LogP contribution < -0.4 is 0 Å². The van der Waals surface area contributed by atoms with Crippen LogP contribution in [0.4, 0.5) is 0 Å². The number of carbonyl (C=O) groups is 1. The van der Waals surface area contributed by atoms with E-state index in [2.05, 4.69) is 0 Å². The molecule has 118 valence electrons. The Balaban J connectivity index is 3.00. The first kappa shape index (κ1) is 17.9. The van der Waals surface area contributed by atoms with Gasteiger partial charge in [0, 0.05) is 25.1 Å². The van der Waals surface area contributed by atoms with Gasteiger partial charge in [-0.3, -0.25) is 4.79 Å². The van der Waals surface area contributed by atoms with E-state index >= 15 is 0 Å². The Morgan fingerprint density at radius 1 is 0.952 bits per heavy atom. The number of sulfonamides is 1. The molecular formula is C16H25NO3S. The maximum absolute atomic E-state index is 12.6. The summed E-state index contributed by atoms with van der Waals surface area (Å²) in [4.78, 5) is 12.0. The number of hydrogen-bond acceptors (Lipinski definition) is 3. The van der Waals surface area contributed by atoms with Gasteiger partial charge in [0.2, 0.25) is 10.0 Å². The summed E-state index contributed by atoms with van der Waals surface area (Å²) in [5.41, 5.74) is 0.577. The smallest absolute Gasteiger partial charge is 0.243 e. The van der Waals surface area contributed by atoms with Gasteiger partial charge in [-0.25, -0.2) is 8.42 Å². The number of ketones is 1. The van der Waals surface area contributed by atoms with Crippen molar-refractivity contribution >= 4 is 15.8 Å². The van der Waals surface area contributed by atoms with Crippen LogP contribution in [0.2, 0.25) is 0 Å². The Hall–Kier alpha value is -1.20. The lowest BCUT2D eigenvalue weighted by atomic mass is 10.1. The van der Waals surface area contributed by atoms with Crippen molar-refractivity contribution in [2.45, 2.75) is 51.3 Å². The Labute approximate surface area is 128 Å². The van der Waals surface area contributed by atoms with Gasteiger partial charge in [-0.1, -0.05) is 32.9 Å². The van der Waals surface area contributed by atoms with E-state index in [0.717, 1.165) is 19.3 Å². The van der Waals surface area contributed by atoms with Crippen LogP contribution in [0.1, 0.15) is 56.8 Å². The third kappa shape index (κ3) is 4.64. The molecule has 0 amide bonds. The van der Waals surface area contributed by atoms with E-state index in [1.54, 1.807) is 12.1 Å². The molecule has 1 rings (SSSR count). The zero-order chi connectivity index (χ0) is 15.9. The molecule has 0 atom stereocenters. The largest absolute Gasteiger partial charge is 0.294 e. The van der Waals surface area contributed by atoms with Gasteiger partial charge in [-0.15, -0.1) is 0 Å². The van der Waals surface area contributed by atoms with Gasteiger partial charge in [0.15, 0.2) is 5.78 Å². The van der Waals surface area contributed by atoms with Crippen molar-refractivity contribution in [1.29, 1.82) is 0 Å². The Morgan fingerprint density at radius 2 is 1.48 bits per heavy atom. The highest BCUT2D eigenvalue weighted by Gasteiger charge is 2.23. The Morgan fingerprint density at radius 3 is 1.90 bits per heavy atom. The minimum atomic E-state index is -3.46. The normalized spacial score (nSPS) is 11.8. The summed E-state index contributed by atoms with van der Waals surface area (Å²) in [6.45, 7) is 6.92. The van der Waals surface area contributed by atoms with Gasteiger partial charge < -0.3 is 0 Å². The van der Waals surface area contributed by atoms with Crippen LogP contribution in [0, 0.1) is 0 Å². The molecule has 0 aliphatic carbocycles. The zero-order valence-corrected chi connectivity index (χ0v) is 13.9. The summed E-state index contributed by atoms with van der Waals surface area (Å²) >= 11 is 0. The summed E-state index contributed by atoms with van der Waals surface area (Å²) in [7, 11) is -3.46. The van der Waals surface area contributed by atoms with Crippen molar-refractivity contribution in [2.24, 2.45) is 0 Å². The molecule has 0 N–H and O–H groups in total. The molecule has 0 aliphatic heterocycles. The summed E-state index contributed by atoms with van der Waals surface area (Å²) in [5.74, 6) is 0.0559. The third-order valence-corrected chi connectivity index (χ3v) is 5.15. The van der Waals surface area contributed by atoms with E-state index in [0.29, 0.717) is 25.1 Å². The third-order valence-electron chi connectivity index (χ3n) is 3.24. The lowest BCUT2D eigenvalue weighted by Crippen LogP contribution is -2.32. The zero-order valence-electron chi connectivity index (χ0n) is 13.1. The summed E-state index contributed by atoms with van der Waals surface area (Å²) < 4.78 is 26.6. The molecule has 0 fully saturated rings. The van der Waals surface area contributed by atoms with Crippen molar-refractivity contribution in [3.05, 3.63) is 29.8 Å². The van der Waals surface area contributed by atoms with E-state index < -0.39 is 10.0 Å². The number of Topliss-reactive ketones (excluding diaryl/α,β-unsaturated/α-hetero) is 1. The average Bonchev–Trinajstić information content (AvgIpc) is 2.47. The highest BCUT2D eigenvalue weighted by molar-refractivity contribution is 7.89. The minimum absolute atomic E-state index is 0.0559. The van der Waals surface area contributed by atoms with E-state index in [1.807, 2.05) is 20.8 Å².